The van der Waals surface area contributed by atoms with Crippen molar-refractivity contribution in [2.24, 2.45) is 5.16 Å². The van der Waals surface area contributed by atoms with E-state index in [1.54, 1.807) is 0 Å². The molecule has 0 radical (unpaired) electrons. The molecule has 17 heteroatoms. The molecule has 10 nitrogen and oxygen atoms in total. The van der Waals surface area contributed by atoms with Crippen LogP contribution in [-0.4, -0.2) is 94.3 Å². The van der Waals surface area contributed by atoms with Gasteiger partial charge >= 0.3 is 7.82 Å². The van der Waals surface area contributed by atoms with Gasteiger partial charge in [0.15, 0.2) is 49.9 Å². The van der Waals surface area contributed by atoms with E-state index in [0.717, 1.165) is 0 Å². The average Bonchev–Trinajstić information content (AvgIpc) is 2.65. The summed E-state index contributed by atoms with van der Waals surface area (Å²) in [4.78, 5) is 5.33. The molecule has 252 valence electrons. The van der Waals surface area contributed by atoms with Crippen molar-refractivity contribution in [3.8, 4) is 0 Å². The van der Waals surface area contributed by atoms with Crippen molar-refractivity contribution in [2.45, 2.75) is 136 Å². The number of hydrogen-bond donors (Lipinski definition) is 0. The second-order valence-corrected chi connectivity index (χ2v) is 45.4. The van der Waals surface area contributed by atoms with Gasteiger partial charge in [-0.1, -0.05) is 5.16 Å². The lowest BCUT2D eigenvalue weighted by atomic mass is 10.0. The van der Waals surface area contributed by atoms with Crippen molar-refractivity contribution in [3.63, 3.8) is 0 Å². The maximum absolute atomic E-state index is 14.1. The summed E-state index contributed by atoms with van der Waals surface area (Å²) in [5.41, 5.74) is 0.592. The maximum Gasteiger partial charge on any atom is 0.455 e. The Hall–Kier alpha value is 0.721. The highest BCUT2D eigenvalue weighted by Gasteiger charge is 2.45. The molecule has 0 saturated carbocycles. The number of oxime groups is 1. The first-order valence-electron chi connectivity index (χ1n) is 14.8. The van der Waals surface area contributed by atoms with Crippen LogP contribution in [0.25, 0.3) is 0 Å². The first kappa shape index (κ1) is 42.7. The number of rotatable bonds is 20. The minimum Gasteiger partial charge on any atom is -0.412 e. The van der Waals surface area contributed by atoms with Gasteiger partial charge in [-0.15, -0.1) is 0 Å². The third-order valence-electron chi connectivity index (χ3n) is 4.50. The molecule has 3 atom stereocenters. The molecule has 0 heterocycles. The van der Waals surface area contributed by atoms with Crippen LogP contribution in [-0.2, 0) is 40.1 Å². The predicted octanol–water partition coefficient (Wildman–Crippen LogP) is 8.33. The average molecular weight is 722 g/mol. The van der Waals surface area contributed by atoms with Gasteiger partial charge in [-0.3, -0.25) is 4.52 Å². The van der Waals surface area contributed by atoms with Crippen LogP contribution >= 0.6 is 7.82 Å². The van der Waals surface area contributed by atoms with Crippen molar-refractivity contribution in [2.75, 3.05) is 20.3 Å². The first-order chi connectivity index (χ1) is 18.3. The topological polar surface area (TPSA) is 103 Å². The molecular weight excluding hydrogens is 658 g/mol. The molecule has 0 N–H and O–H groups in total. The van der Waals surface area contributed by atoms with Crippen molar-refractivity contribution in [1.82, 2.24) is 0 Å². The van der Waals surface area contributed by atoms with Crippen LogP contribution < -0.4 is 0 Å². The maximum atomic E-state index is 14.1. The molecule has 0 unspecified atom stereocenters. The Labute approximate surface area is 264 Å². The fourth-order valence-corrected chi connectivity index (χ4v) is 14.0. The van der Waals surface area contributed by atoms with E-state index in [9.17, 15) is 4.57 Å². The zero-order chi connectivity index (χ0) is 33.6. The zero-order valence-electron chi connectivity index (χ0n) is 30.2. The summed E-state index contributed by atoms with van der Waals surface area (Å²) in [5.74, 6) is 0. The van der Waals surface area contributed by atoms with Gasteiger partial charge in [-0.05, 0) is 118 Å². The molecule has 42 heavy (non-hydrogen) atoms. The fourth-order valence-electron chi connectivity index (χ4n) is 3.57. The van der Waals surface area contributed by atoms with Crippen LogP contribution in [0.3, 0.4) is 0 Å². The van der Waals surface area contributed by atoms with Crippen LogP contribution in [0.2, 0.25) is 118 Å². The fraction of sp³-hybridized carbons (Fsp3) is 0.960. The quantitative estimate of drug-likeness (QED) is 0.0531. The highest BCUT2D eigenvalue weighted by molar-refractivity contribution is 7.52. The van der Waals surface area contributed by atoms with E-state index in [2.05, 4.69) is 83.7 Å². The number of phosphoric acid groups is 1. The Morgan fingerprint density at radius 3 is 1.38 bits per heavy atom. The van der Waals surface area contributed by atoms with E-state index in [1.807, 2.05) is 39.3 Å². The SMILES string of the molecule is CON=C(CO[Si](C)(C)C)[C@H](O[Si](C)(C)C)[C@@H](O[Si](C)(C)C)[C@H](COP(=O)(O[Si](C)(C)C)O[Si](C)(C)C)O[Si](C)(C)C. The normalized spacial score (nSPS) is 17.3. The minimum atomic E-state index is -3.91. The Morgan fingerprint density at radius 1 is 0.619 bits per heavy atom. The third kappa shape index (κ3) is 21.5. The lowest BCUT2D eigenvalue weighted by Gasteiger charge is -2.42. The molecule has 0 aliphatic heterocycles. The molecule has 0 aromatic carbocycles. The first-order valence-corrected chi connectivity index (χ1v) is 36.7. The molecule has 0 rings (SSSR count). The highest BCUT2D eigenvalue weighted by atomic mass is 31.2. The van der Waals surface area contributed by atoms with E-state index >= 15 is 0 Å². The lowest BCUT2D eigenvalue weighted by Crippen LogP contribution is -2.57. The molecule has 0 spiro atoms. The van der Waals surface area contributed by atoms with Crippen molar-refractivity contribution in [3.05, 3.63) is 0 Å². The van der Waals surface area contributed by atoms with E-state index < -0.39 is 76.0 Å². The Bertz CT molecular complexity index is 881. The molecule has 0 aromatic heterocycles. The van der Waals surface area contributed by atoms with Gasteiger partial charge in [-0.2, -0.15) is 0 Å². The summed E-state index contributed by atoms with van der Waals surface area (Å²) < 4.78 is 59.3. The largest absolute Gasteiger partial charge is 0.455 e. The number of nitrogens with zero attached hydrogens (tertiary/aromatic N) is 1. The van der Waals surface area contributed by atoms with Crippen LogP contribution in [0.4, 0.5) is 0 Å². The highest BCUT2D eigenvalue weighted by Crippen LogP contribution is 2.54. The summed E-state index contributed by atoms with van der Waals surface area (Å²) in [6.07, 6.45) is -1.93. The lowest BCUT2D eigenvalue weighted by molar-refractivity contribution is -0.0328. The van der Waals surface area contributed by atoms with Gasteiger partial charge < -0.3 is 31.0 Å². The number of hydrogen-bond acceptors (Lipinski definition) is 10. The second kappa shape index (κ2) is 16.0. The van der Waals surface area contributed by atoms with Gasteiger partial charge in [-0.25, -0.2) is 4.57 Å². The molecular formula is C25H64NO9PSi6. The molecule has 0 aliphatic carbocycles. The molecule has 0 aliphatic rings. The minimum absolute atomic E-state index is 0.0631. The van der Waals surface area contributed by atoms with Gasteiger partial charge in [0.2, 0.25) is 0 Å². The third-order valence-corrected chi connectivity index (χ3v) is 15.1. The summed E-state index contributed by atoms with van der Waals surface area (Å²) in [5, 5.41) is 4.42. The molecule has 0 amide bonds. The van der Waals surface area contributed by atoms with Crippen molar-refractivity contribution >= 4 is 63.4 Å². The summed E-state index contributed by atoms with van der Waals surface area (Å²) in [6.45, 7) is 37.4. The van der Waals surface area contributed by atoms with E-state index in [1.165, 1.54) is 7.11 Å². The summed E-state index contributed by atoms with van der Waals surface area (Å²) in [6, 6.07) is 0. The van der Waals surface area contributed by atoms with E-state index in [-0.39, 0.29) is 13.2 Å². The molecule has 0 bridgehead atoms. The van der Waals surface area contributed by atoms with Gasteiger partial charge in [0, 0.05) is 0 Å². The van der Waals surface area contributed by atoms with Gasteiger partial charge in [0.1, 0.15) is 25.0 Å². The Morgan fingerprint density at radius 2 is 1.05 bits per heavy atom. The smallest absolute Gasteiger partial charge is 0.412 e. The monoisotopic (exact) mass is 721 g/mol. The molecule has 0 aromatic rings. The van der Waals surface area contributed by atoms with E-state index in [4.69, 9.17) is 35.5 Å². The zero-order valence-corrected chi connectivity index (χ0v) is 37.1. The summed E-state index contributed by atoms with van der Waals surface area (Å²) in [7, 11) is -15.5. The predicted molar refractivity (Wildman–Crippen MR) is 191 cm³/mol. The van der Waals surface area contributed by atoms with Crippen molar-refractivity contribution < 1.29 is 40.1 Å². The second-order valence-electron chi connectivity index (χ2n) is 16.4. The van der Waals surface area contributed by atoms with Crippen LogP contribution in [0.1, 0.15) is 0 Å². The van der Waals surface area contributed by atoms with Crippen molar-refractivity contribution in [1.29, 1.82) is 0 Å². The molecule has 0 saturated heterocycles. The van der Waals surface area contributed by atoms with Crippen LogP contribution in [0.15, 0.2) is 5.16 Å². The Balaban J connectivity index is 7.05. The van der Waals surface area contributed by atoms with E-state index in [0.29, 0.717) is 5.71 Å². The summed E-state index contributed by atoms with van der Waals surface area (Å²) >= 11 is 0. The van der Waals surface area contributed by atoms with Crippen LogP contribution in [0.5, 0.6) is 0 Å². The Kier molecular flexibility index (Phi) is 16.3. The van der Waals surface area contributed by atoms with Gasteiger partial charge in [0.25, 0.3) is 0 Å². The van der Waals surface area contributed by atoms with Gasteiger partial charge in [0.05, 0.1) is 19.3 Å². The standard InChI is InChI=1S/C25H64NO9PSi6/c1-28-26-22(20-30-37(2,3)4)24(32-39(8,9)10)25(33-40(11,12)13)23(31-38(5,6)7)21-29-36(27,34-41(14,15)16)35-42(17,18)19/h23-25H,20-21H2,1-19H3/t23-,24-,25-/m0/s1. The molecule has 0 fully saturated rings. The van der Waals surface area contributed by atoms with Crippen LogP contribution in [0, 0.1) is 0 Å².